The van der Waals surface area contributed by atoms with Crippen LogP contribution in [0.4, 0.5) is 10.5 Å². The van der Waals surface area contributed by atoms with Crippen molar-refractivity contribution in [3.05, 3.63) is 60.2 Å². The van der Waals surface area contributed by atoms with Crippen LogP contribution >= 0.6 is 0 Å². The summed E-state index contributed by atoms with van der Waals surface area (Å²) in [6, 6.07) is 14.6. The van der Waals surface area contributed by atoms with Crippen molar-refractivity contribution in [3.8, 4) is 0 Å². The van der Waals surface area contributed by atoms with E-state index in [1.165, 1.54) is 16.4 Å². The van der Waals surface area contributed by atoms with Crippen LogP contribution in [0.2, 0.25) is 0 Å². The second-order valence-electron chi connectivity index (χ2n) is 11.3. The van der Waals surface area contributed by atoms with Crippen LogP contribution in [0.1, 0.15) is 70.8 Å². The second kappa shape index (κ2) is 14.2. The molecule has 0 aliphatic heterocycles. The van der Waals surface area contributed by atoms with Crippen LogP contribution in [-0.2, 0) is 14.8 Å². The van der Waals surface area contributed by atoms with Gasteiger partial charge in [-0.05, 0) is 74.3 Å². The fourth-order valence-corrected chi connectivity index (χ4v) is 6.93. The molecule has 1 fully saturated rings. The molecule has 1 aliphatic carbocycles. The Morgan fingerprint density at radius 1 is 1.07 bits per heavy atom. The van der Waals surface area contributed by atoms with Gasteiger partial charge in [0.25, 0.3) is 0 Å². The molecule has 6 N–H and O–H groups in total. The lowest BCUT2D eigenvalue weighted by atomic mass is 10.0. The molecular formula is C30H44N4O6S. The standard InChI is InChI=1S/C30H44N4O6S/c1-4-24(32-28(36)30(33-29(37)38)19-27(30)22-9-6-5-7-10-22)11-8-12-25(20-35)34(18-17-21(2)3)41(39,40)26-15-13-23(31)14-16-26/h5-7,9-10,13-16,21,24-25,27,33,35H,4,8,11-12,17-20,31H2,1-3H3,(H,32,36)(H,37,38)/t24-,25-,27-,30+/m0/s1. The van der Waals surface area contributed by atoms with Gasteiger partial charge in [-0.15, -0.1) is 0 Å². The van der Waals surface area contributed by atoms with Gasteiger partial charge in [-0.1, -0.05) is 51.1 Å². The number of carboxylic acid groups (broad SMARTS) is 1. The van der Waals surface area contributed by atoms with Gasteiger partial charge in [0.15, 0.2) is 0 Å². The lowest BCUT2D eigenvalue weighted by Crippen LogP contribution is -2.52. The molecule has 0 bridgehead atoms. The van der Waals surface area contributed by atoms with Gasteiger partial charge in [0.1, 0.15) is 5.54 Å². The van der Waals surface area contributed by atoms with Gasteiger partial charge in [-0.3, -0.25) is 4.79 Å². The molecule has 3 rings (SSSR count). The average Bonchev–Trinajstić information content (AvgIpc) is 3.66. The molecule has 1 saturated carbocycles. The smallest absolute Gasteiger partial charge is 0.405 e. The quantitative estimate of drug-likeness (QED) is 0.186. The molecule has 2 aromatic carbocycles. The summed E-state index contributed by atoms with van der Waals surface area (Å²) in [6.45, 7) is 5.91. The minimum absolute atomic E-state index is 0.126. The van der Waals surface area contributed by atoms with Gasteiger partial charge in [-0.2, -0.15) is 4.31 Å². The number of hydrogen-bond donors (Lipinski definition) is 5. The van der Waals surface area contributed by atoms with E-state index in [2.05, 4.69) is 10.6 Å². The zero-order valence-electron chi connectivity index (χ0n) is 24.1. The molecular weight excluding hydrogens is 544 g/mol. The highest BCUT2D eigenvalue weighted by molar-refractivity contribution is 7.89. The van der Waals surface area contributed by atoms with E-state index in [-0.39, 0.29) is 41.8 Å². The zero-order valence-corrected chi connectivity index (χ0v) is 24.9. The van der Waals surface area contributed by atoms with Crippen LogP contribution in [0, 0.1) is 5.92 Å². The normalized spacial score (nSPS) is 20.0. The number of nitrogens with two attached hydrogens (primary N) is 1. The number of nitrogens with one attached hydrogen (secondary N) is 2. The molecule has 0 radical (unpaired) electrons. The van der Waals surface area contributed by atoms with E-state index < -0.39 is 27.7 Å². The van der Waals surface area contributed by atoms with E-state index >= 15 is 0 Å². The van der Waals surface area contributed by atoms with Crippen LogP contribution in [0.15, 0.2) is 59.5 Å². The summed E-state index contributed by atoms with van der Waals surface area (Å²) in [5.74, 6) is -0.333. The number of nitrogen functional groups attached to an aromatic ring is 1. The summed E-state index contributed by atoms with van der Waals surface area (Å²) in [6.07, 6.45) is 1.90. The van der Waals surface area contributed by atoms with Gasteiger partial charge in [-0.25, -0.2) is 13.2 Å². The lowest BCUT2D eigenvalue weighted by molar-refractivity contribution is -0.125. The van der Waals surface area contributed by atoms with Crippen LogP contribution in [0.25, 0.3) is 0 Å². The Bertz CT molecular complexity index is 1260. The molecule has 4 atom stereocenters. The third-order valence-corrected chi connectivity index (χ3v) is 9.81. The van der Waals surface area contributed by atoms with Crippen molar-refractivity contribution in [3.63, 3.8) is 0 Å². The Hall–Kier alpha value is -3.15. The third kappa shape index (κ3) is 8.21. The number of anilines is 1. The maximum absolute atomic E-state index is 13.6. The van der Waals surface area contributed by atoms with Crippen LogP contribution in [-0.4, -0.2) is 65.7 Å². The monoisotopic (exact) mass is 588 g/mol. The summed E-state index contributed by atoms with van der Waals surface area (Å²) < 4.78 is 28.5. The highest BCUT2D eigenvalue weighted by atomic mass is 32.2. The van der Waals surface area contributed by atoms with Gasteiger partial charge < -0.3 is 26.6 Å². The number of carbonyl (C=O) groups is 2. The highest BCUT2D eigenvalue weighted by Gasteiger charge is 2.62. The zero-order chi connectivity index (χ0) is 30.2. The minimum atomic E-state index is -3.87. The summed E-state index contributed by atoms with van der Waals surface area (Å²) in [5.41, 5.74) is 5.90. The van der Waals surface area contributed by atoms with Gasteiger partial charge >= 0.3 is 6.09 Å². The maximum Gasteiger partial charge on any atom is 0.405 e. The van der Waals surface area contributed by atoms with Crippen molar-refractivity contribution in [2.75, 3.05) is 18.9 Å². The first-order valence-corrected chi connectivity index (χ1v) is 15.7. The molecule has 0 aromatic heterocycles. The van der Waals surface area contributed by atoms with Gasteiger partial charge in [0, 0.05) is 30.2 Å². The number of rotatable bonds is 16. The molecule has 0 heterocycles. The number of aliphatic hydroxyl groups excluding tert-OH is 1. The van der Waals surface area contributed by atoms with Crippen LogP contribution < -0.4 is 16.4 Å². The Morgan fingerprint density at radius 2 is 1.73 bits per heavy atom. The molecule has 2 aromatic rings. The summed E-state index contributed by atoms with van der Waals surface area (Å²) in [5, 5.41) is 25.2. The number of benzene rings is 2. The summed E-state index contributed by atoms with van der Waals surface area (Å²) >= 11 is 0. The maximum atomic E-state index is 13.6. The van der Waals surface area contributed by atoms with Crippen molar-refractivity contribution < 1.29 is 28.2 Å². The topological polar surface area (TPSA) is 162 Å². The Balaban J connectivity index is 1.67. The van der Waals surface area contributed by atoms with E-state index in [0.29, 0.717) is 44.2 Å². The minimum Gasteiger partial charge on any atom is -0.465 e. The second-order valence-corrected chi connectivity index (χ2v) is 13.2. The first-order valence-electron chi connectivity index (χ1n) is 14.3. The summed E-state index contributed by atoms with van der Waals surface area (Å²) in [4.78, 5) is 25.0. The number of sulfonamides is 1. The van der Waals surface area contributed by atoms with E-state index in [9.17, 15) is 28.2 Å². The van der Waals surface area contributed by atoms with Crippen molar-refractivity contribution in [2.45, 2.75) is 87.7 Å². The highest BCUT2D eigenvalue weighted by Crippen LogP contribution is 2.51. The predicted molar refractivity (Wildman–Crippen MR) is 159 cm³/mol. The van der Waals surface area contributed by atoms with Gasteiger partial charge in [0.05, 0.1) is 11.5 Å². The lowest BCUT2D eigenvalue weighted by Gasteiger charge is -2.31. The first-order chi connectivity index (χ1) is 19.4. The Morgan fingerprint density at radius 3 is 2.29 bits per heavy atom. The number of amides is 2. The van der Waals surface area contributed by atoms with E-state index in [1.54, 1.807) is 12.1 Å². The Labute approximate surface area is 243 Å². The number of aliphatic hydroxyl groups is 1. The van der Waals surface area contributed by atoms with Crippen molar-refractivity contribution in [2.24, 2.45) is 5.92 Å². The molecule has 0 saturated heterocycles. The summed E-state index contributed by atoms with van der Waals surface area (Å²) in [7, 11) is -3.87. The largest absolute Gasteiger partial charge is 0.465 e. The molecule has 41 heavy (non-hydrogen) atoms. The van der Waals surface area contributed by atoms with Crippen LogP contribution in [0.3, 0.4) is 0 Å². The number of hydrogen-bond acceptors (Lipinski definition) is 6. The first kappa shape index (κ1) is 32.4. The van der Waals surface area contributed by atoms with E-state index in [4.69, 9.17) is 5.73 Å². The fourth-order valence-electron chi connectivity index (χ4n) is 5.27. The van der Waals surface area contributed by atoms with Gasteiger partial charge in [0.2, 0.25) is 15.9 Å². The number of nitrogens with zero attached hydrogens (tertiary/aromatic N) is 1. The van der Waals surface area contributed by atoms with Crippen LogP contribution in [0.5, 0.6) is 0 Å². The number of carbonyl (C=O) groups excluding carboxylic acids is 1. The third-order valence-electron chi connectivity index (χ3n) is 7.85. The molecule has 0 spiro atoms. The molecule has 10 nitrogen and oxygen atoms in total. The molecule has 226 valence electrons. The van der Waals surface area contributed by atoms with Crippen molar-refractivity contribution >= 4 is 27.7 Å². The molecule has 1 aliphatic rings. The van der Waals surface area contributed by atoms with E-state index in [1.807, 2.05) is 51.1 Å². The molecule has 0 unspecified atom stereocenters. The van der Waals surface area contributed by atoms with E-state index in [0.717, 1.165) is 5.56 Å². The van der Waals surface area contributed by atoms with Crippen molar-refractivity contribution in [1.82, 2.24) is 14.9 Å². The van der Waals surface area contributed by atoms with Crippen molar-refractivity contribution in [1.29, 1.82) is 0 Å². The predicted octanol–water partition coefficient (Wildman–Crippen LogP) is 3.93. The SMILES string of the molecule is CC[C@@H](CCC[C@@H](CO)N(CCC(C)C)S(=O)(=O)c1ccc(N)cc1)NC(=O)[C@@]1(NC(=O)O)C[C@H]1c1ccccc1. The fraction of sp³-hybridized carbons (Fsp3) is 0.533. The average molecular weight is 589 g/mol. The Kier molecular flexibility index (Phi) is 11.2. The molecule has 11 heteroatoms. The molecule has 2 amide bonds.